The lowest BCUT2D eigenvalue weighted by molar-refractivity contribution is 0.415. The Labute approximate surface area is 88.5 Å². The van der Waals surface area contributed by atoms with Crippen LogP contribution in [0.2, 0.25) is 0 Å². The highest BCUT2D eigenvalue weighted by Gasteiger charge is 2.03. The fraction of sp³-hybridized carbons (Fsp3) is 0.300. The van der Waals surface area contributed by atoms with Crippen molar-refractivity contribution in [2.75, 3.05) is 25.6 Å². The Kier molecular flexibility index (Phi) is 2.92. The van der Waals surface area contributed by atoms with E-state index in [2.05, 4.69) is 21.2 Å². The minimum Gasteiger partial charge on any atom is -0.497 e. The minimum atomic E-state index is 0.776. The maximum absolute atomic E-state index is 5.11. The molecule has 2 rings (SSSR count). The number of methoxy groups -OCH3 is 1. The summed E-state index contributed by atoms with van der Waals surface area (Å²) in [6.45, 7) is 1.71. The molecule has 0 aliphatic carbocycles. The summed E-state index contributed by atoms with van der Waals surface area (Å²) in [4.78, 5) is 4.19. The molecule has 0 saturated carbocycles. The van der Waals surface area contributed by atoms with Crippen LogP contribution in [0.1, 0.15) is 0 Å². The van der Waals surface area contributed by atoms with Crippen molar-refractivity contribution < 1.29 is 4.74 Å². The zero-order valence-electron chi connectivity index (χ0n) is 8.58. The summed E-state index contributed by atoms with van der Waals surface area (Å²) in [6.07, 6.45) is 0. The first kappa shape index (κ1) is 9.64. The summed E-state index contributed by atoms with van der Waals surface area (Å²) in [5, 5.41) is 3.10. The smallest absolute Gasteiger partial charge is 0.210 e. The summed E-state index contributed by atoms with van der Waals surface area (Å²) >= 11 is 0. The zero-order chi connectivity index (χ0) is 10.5. The third-order valence-electron chi connectivity index (χ3n) is 2.07. The van der Waals surface area contributed by atoms with Crippen LogP contribution in [0.4, 0.5) is 5.69 Å². The van der Waals surface area contributed by atoms with Crippen molar-refractivity contribution in [2.24, 2.45) is 4.99 Å². The van der Waals surface area contributed by atoms with Gasteiger partial charge in [-0.25, -0.2) is 0 Å². The molecule has 0 radical (unpaired) electrons. The molecule has 5 heteroatoms. The molecule has 0 atom stereocenters. The first-order valence-electron chi connectivity index (χ1n) is 4.83. The average molecular weight is 206 g/mol. The van der Waals surface area contributed by atoms with Gasteiger partial charge >= 0.3 is 0 Å². The standard InChI is InChI=1S/C10H14N4O/c1-15-9-4-2-3-8(7-9)13-14-10-11-5-6-12-10/h2-4,7,13H,5-6H2,1H3,(H2,11,12,14). The summed E-state index contributed by atoms with van der Waals surface area (Å²) in [5.74, 6) is 1.60. The van der Waals surface area contributed by atoms with Gasteiger partial charge in [0, 0.05) is 12.6 Å². The van der Waals surface area contributed by atoms with Gasteiger partial charge in [0.2, 0.25) is 5.96 Å². The number of nitrogens with one attached hydrogen (secondary N) is 3. The quantitative estimate of drug-likeness (QED) is 0.633. The van der Waals surface area contributed by atoms with Crippen LogP contribution in [-0.2, 0) is 0 Å². The number of guanidine groups is 1. The van der Waals surface area contributed by atoms with E-state index in [1.165, 1.54) is 0 Å². The highest BCUT2D eigenvalue weighted by molar-refractivity contribution is 5.82. The molecule has 1 aromatic rings. The Morgan fingerprint density at radius 2 is 2.33 bits per heavy atom. The third-order valence-corrected chi connectivity index (χ3v) is 2.07. The predicted molar refractivity (Wildman–Crippen MR) is 60.1 cm³/mol. The maximum Gasteiger partial charge on any atom is 0.210 e. The normalized spacial score (nSPS) is 14.1. The fourth-order valence-corrected chi connectivity index (χ4v) is 1.31. The van der Waals surface area contributed by atoms with Crippen molar-refractivity contribution in [3.63, 3.8) is 0 Å². The Morgan fingerprint density at radius 3 is 3.07 bits per heavy atom. The van der Waals surface area contributed by atoms with Crippen molar-refractivity contribution >= 4 is 11.6 Å². The van der Waals surface area contributed by atoms with Crippen molar-refractivity contribution in [3.8, 4) is 5.75 Å². The molecule has 1 aliphatic heterocycles. The number of anilines is 1. The van der Waals surface area contributed by atoms with Crippen LogP contribution in [-0.4, -0.2) is 26.2 Å². The molecule has 3 N–H and O–H groups in total. The van der Waals surface area contributed by atoms with Gasteiger partial charge < -0.3 is 10.1 Å². The Bertz CT molecular complexity index is 364. The van der Waals surface area contributed by atoms with Gasteiger partial charge in [0.1, 0.15) is 5.75 Å². The number of nitrogens with zero attached hydrogens (tertiary/aromatic N) is 1. The number of hydrogen-bond donors (Lipinski definition) is 3. The number of benzene rings is 1. The van der Waals surface area contributed by atoms with Crippen LogP contribution in [0.25, 0.3) is 0 Å². The molecule has 0 unspecified atom stereocenters. The van der Waals surface area contributed by atoms with E-state index in [0.717, 1.165) is 30.5 Å². The second-order valence-electron chi connectivity index (χ2n) is 3.14. The number of hydrogen-bond acceptors (Lipinski definition) is 5. The zero-order valence-corrected chi connectivity index (χ0v) is 8.58. The maximum atomic E-state index is 5.11. The molecule has 15 heavy (non-hydrogen) atoms. The summed E-state index contributed by atoms with van der Waals surface area (Å²) in [5.41, 5.74) is 6.96. The second kappa shape index (κ2) is 4.54. The van der Waals surface area contributed by atoms with E-state index in [0.29, 0.717) is 0 Å². The molecule has 0 amide bonds. The van der Waals surface area contributed by atoms with Gasteiger partial charge in [0.25, 0.3) is 0 Å². The molecule has 5 nitrogen and oxygen atoms in total. The van der Waals surface area contributed by atoms with Crippen LogP contribution < -0.4 is 20.9 Å². The van der Waals surface area contributed by atoms with E-state index < -0.39 is 0 Å². The monoisotopic (exact) mass is 206 g/mol. The SMILES string of the molecule is COc1cccc(NNC2=NCCN2)c1. The Balaban J connectivity index is 1.92. The highest BCUT2D eigenvalue weighted by Crippen LogP contribution is 2.15. The molecule has 0 aromatic heterocycles. The summed E-state index contributed by atoms with van der Waals surface area (Å²) in [7, 11) is 1.65. The van der Waals surface area contributed by atoms with Crippen LogP contribution in [0.15, 0.2) is 29.3 Å². The van der Waals surface area contributed by atoms with E-state index in [4.69, 9.17) is 4.74 Å². The molecule has 0 saturated heterocycles. The lowest BCUT2D eigenvalue weighted by Crippen LogP contribution is -2.37. The van der Waals surface area contributed by atoms with Gasteiger partial charge in [0.05, 0.1) is 19.3 Å². The first-order valence-corrected chi connectivity index (χ1v) is 4.83. The molecular formula is C10H14N4O. The van der Waals surface area contributed by atoms with Crippen LogP contribution >= 0.6 is 0 Å². The van der Waals surface area contributed by atoms with Crippen molar-refractivity contribution in [2.45, 2.75) is 0 Å². The predicted octanol–water partition coefficient (Wildman–Crippen LogP) is 0.571. The molecule has 0 spiro atoms. The largest absolute Gasteiger partial charge is 0.497 e. The third kappa shape index (κ3) is 2.52. The van der Waals surface area contributed by atoms with Gasteiger partial charge in [-0.3, -0.25) is 15.8 Å². The van der Waals surface area contributed by atoms with Crippen LogP contribution in [0.5, 0.6) is 5.75 Å². The highest BCUT2D eigenvalue weighted by atomic mass is 16.5. The topological polar surface area (TPSA) is 57.7 Å². The Hall–Kier alpha value is -1.91. The van der Waals surface area contributed by atoms with Crippen LogP contribution in [0, 0.1) is 0 Å². The van der Waals surface area contributed by atoms with Crippen LogP contribution in [0.3, 0.4) is 0 Å². The lowest BCUT2D eigenvalue weighted by atomic mass is 10.3. The Morgan fingerprint density at radius 1 is 1.40 bits per heavy atom. The van der Waals surface area contributed by atoms with E-state index in [1.54, 1.807) is 7.11 Å². The average Bonchev–Trinajstić information content (AvgIpc) is 2.79. The lowest BCUT2D eigenvalue weighted by Gasteiger charge is -2.10. The molecule has 0 fully saturated rings. The molecular weight excluding hydrogens is 192 g/mol. The fourth-order valence-electron chi connectivity index (χ4n) is 1.31. The van der Waals surface area contributed by atoms with Gasteiger partial charge in [0.15, 0.2) is 0 Å². The molecule has 1 aliphatic rings. The van der Waals surface area contributed by atoms with Gasteiger partial charge in [-0.1, -0.05) is 6.07 Å². The van der Waals surface area contributed by atoms with Gasteiger partial charge in [-0.05, 0) is 12.1 Å². The van der Waals surface area contributed by atoms with Crippen molar-refractivity contribution in [1.82, 2.24) is 10.7 Å². The number of aliphatic imine (C=N–C) groups is 1. The number of hydrazine groups is 1. The summed E-state index contributed by atoms with van der Waals surface area (Å²) < 4.78 is 5.11. The number of ether oxygens (including phenoxy) is 1. The van der Waals surface area contributed by atoms with E-state index in [9.17, 15) is 0 Å². The van der Waals surface area contributed by atoms with E-state index in [1.807, 2.05) is 24.3 Å². The van der Waals surface area contributed by atoms with E-state index in [-0.39, 0.29) is 0 Å². The minimum absolute atomic E-state index is 0.776. The first-order chi connectivity index (χ1) is 7.38. The molecule has 0 bridgehead atoms. The van der Waals surface area contributed by atoms with E-state index >= 15 is 0 Å². The van der Waals surface area contributed by atoms with Crippen molar-refractivity contribution in [1.29, 1.82) is 0 Å². The van der Waals surface area contributed by atoms with Crippen molar-refractivity contribution in [3.05, 3.63) is 24.3 Å². The molecule has 1 aromatic carbocycles. The number of rotatable bonds is 3. The van der Waals surface area contributed by atoms with Gasteiger partial charge in [-0.2, -0.15) is 0 Å². The summed E-state index contributed by atoms with van der Waals surface area (Å²) in [6, 6.07) is 7.68. The van der Waals surface area contributed by atoms with Gasteiger partial charge in [-0.15, -0.1) is 0 Å². The second-order valence-corrected chi connectivity index (χ2v) is 3.14. The molecule has 1 heterocycles. The molecule has 80 valence electrons.